The van der Waals surface area contributed by atoms with Crippen LogP contribution in [0.5, 0.6) is 5.75 Å². The molecule has 0 radical (unpaired) electrons. The maximum atomic E-state index is 5.75. The second kappa shape index (κ2) is 6.67. The highest BCUT2D eigenvalue weighted by Crippen LogP contribution is 2.14. The van der Waals surface area contributed by atoms with Crippen LogP contribution in [0.1, 0.15) is 6.92 Å². The van der Waals surface area contributed by atoms with Gasteiger partial charge in [0.1, 0.15) is 12.4 Å². The van der Waals surface area contributed by atoms with Crippen LogP contribution < -0.4 is 15.8 Å². The molecule has 0 aliphatic rings. The van der Waals surface area contributed by atoms with Crippen LogP contribution in [-0.4, -0.2) is 25.7 Å². The standard InChI is InChI=1S/C11H17ClN2O/c1-9(8-13)14-6-7-15-11-4-2-10(12)3-5-11/h2-5,9,14H,6-8,13H2,1H3/t9-/m1/s1. The molecule has 15 heavy (non-hydrogen) atoms. The van der Waals surface area contributed by atoms with Crippen molar-refractivity contribution in [2.24, 2.45) is 5.73 Å². The Kier molecular flexibility index (Phi) is 5.47. The van der Waals surface area contributed by atoms with Gasteiger partial charge in [-0.05, 0) is 31.2 Å². The first-order chi connectivity index (χ1) is 7.22. The Balaban J connectivity index is 2.17. The van der Waals surface area contributed by atoms with Gasteiger partial charge < -0.3 is 15.8 Å². The van der Waals surface area contributed by atoms with Gasteiger partial charge in [0.2, 0.25) is 0 Å². The van der Waals surface area contributed by atoms with E-state index in [1.54, 1.807) is 0 Å². The molecule has 0 spiro atoms. The van der Waals surface area contributed by atoms with Crippen molar-refractivity contribution < 1.29 is 4.74 Å². The molecular weight excluding hydrogens is 212 g/mol. The van der Waals surface area contributed by atoms with E-state index in [1.165, 1.54) is 0 Å². The quantitative estimate of drug-likeness (QED) is 0.728. The number of nitrogens with two attached hydrogens (primary N) is 1. The van der Waals surface area contributed by atoms with Crippen LogP contribution in [-0.2, 0) is 0 Å². The van der Waals surface area contributed by atoms with Gasteiger partial charge in [-0.15, -0.1) is 0 Å². The summed E-state index contributed by atoms with van der Waals surface area (Å²) in [5, 5.41) is 3.96. The van der Waals surface area contributed by atoms with Crippen molar-refractivity contribution >= 4 is 11.6 Å². The average Bonchev–Trinajstić information content (AvgIpc) is 2.26. The largest absolute Gasteiger partial charge is 0.492 e. The summed E-state index contributed by atoms with van der Waals surface area (Å²) in [6, 6.07) is 7.67. The minimum atomic E-state index is 0.332. The highest BCUT2D eigenvalue weighted by atomic mass is 35.5. The van der Waals surface area contributed by atoms with Gasteiger partial charge in [-0.1, -0.05) is 11.6 Å². The molecule has 0 fully saturated rings. The highest BCUT2D eigenvalue weighted by molar-refractivity contribution is 6.30. The lowest BCUT2D eigenvalue weighted by Gasteiger charge is -2.11. The molecule has 0 aromatic heterocycles. The first kappa shape index (κ1) is 12.3. The van der Waals surface area contributed by atoms with Crippen LogP contribution >= 0.6 is 11.6 Å². The van der Waals surface area contributed by atoms with E-state index >= 15 is 0 Å². The van der Waals surface area contributed by atoms with Gasteiger partial charge in [-0.2, -0.15) is 0 Å². The lowest BCUT2D eigenvalue weighted by molar-refractivity contribution is 0.307. The second-order valence-corrected chi connectivity index (χ2v) is 3.83. The van der Waals surface area contributed by atoms with E-state index in [-0.39, 0.29) is 0 Å². The molecule has 4 heteroatoms. The third-order valence-electron chi connectivity index (χ3n) is 2.03. The van der Waals surface area contributed by atoms with E-state index in [1.807, 2.05) is 31.2 Å². The first-order valence-electron chi connectivity index (χ1n) is 5.04. The normalized spacial score (nSPS) is 12.5. The zero-order chi connectivity index (χ0) is 11.1. The molecule has 0 saturated heterocycles. The van der Waals surface area contributed by atoms with Crippen LogP contribution in [0.15, 0.2) is 24.3 Å². The van der Waals surface area contributed by atoms with E-state index in [0.29, 0.717) is 19.2 Å². The van der Waals surface area contributed by atoms with E-state index in [0.717, 1.165) is 17.3 Å². The summed E-state index contributed by atoms with van der Waals surface area (Å²) in [7, 11) is 0. The summed E-state index contributed by atoms with van der Waals surface area (Å²) < 4.78 is 5.49. The maximum absolute atomic E-state index is 5.75. The summed E-state index contributed by atoms with van der Waals surface area (Å²) >= 11 is 5.75. The molecule has 1 atom stereocenters. The van der Waals surface area contributed by atoms with Crippen LogP contribution in [0.3, 0.4) is 0 Å². The number of nitrogens with one attached hydrogen (secondary N) is 1. The van der Waals surface area contributed by atoms with Crippen molar-refractivity contribution in [1.29, 1.82) is 0 Å². The number of rotatable bonds is 6. The first-order valence-corrected chi connectivity index (χ1v) is 5.42. The zero-order valence-corrected chi connectivity index (χ0v) is 9.63. The SMILES string of the molecule is C[C@H](CN)NCCOc1ccc(Cl)cc1. The van der Waals surface area contributed by atoms with Gasteiger partial charge in [0.15, 0.2) is 0 Å². The molecule has 0 unspecified atom stereocenters. The summed E-state index contributed by atoms with van der Waals surface area (Å²) in [5.41, 5.74) is 5.46. The molecule has 3 N–H and O–H groups in total. The molecule has 0 heterocycles. The number of benzene rings is 1. The smallest absolute Gasteiger partial charge is 0.119 e. The number of hydrogen-bond donors (Lipinski definition) is 2. The summed E-state index contributed by atoms with van der Waals surface area (Å²) in [6.45, 7) is 4.11. The fourth-order valence-electron chi connectivity index (χ4n) is 1.09. The van der Waals surface area contributed by atoms with Gasteiger partial charge in [-0.3, -0.25) is 0 Å². The van der Waals surface area contributed by atoms with E-state index in [9.17, 15) is 0 Å². The van der Waals surface area contributed by atoms with Crippen LogP contribution in [0.2, 0.25) is 5.02 Å². The molecule has 1 aromatic carbocycles. The van der Waals surface area contributed by atoms with Gasteiger partial charge in [0.05, 0.1) is 0 Å². The Labute approximate surface area is 95.6 Å². The van der Waals surface area contributed by atoms with Crippen LogP contribution in [0.4, 0.5) is 0 Å². The molecule has 0 saturated carbocycles. The lowest BCUT2D eigenvalue weighted by atomic mass is 10.3. The number of halogens is 1. The Morgan fingerprint density at radius 3 is 2.67 bits per heavy atom. The van der Waals surface area contributed by atoms with E-state index in [2.05, 4.69) is 5.32 Å². The van der Waals surface area contributed by atoms with E-state index < -0.39 is 0 Å². The van der Waals surface area contributed by atoms with Crippen molar-refractivity contribution in [3.05, 3.63) is 29.3 Å². The predicted octanol–water partition coefficient (Wildman–Crippen LogP) is 1.66. The summed E-state index contributed by atoms with van der Waals surface area (Å²) in [4.78, 5) is 0. The molecule has 84 valence electrons. The minimum absolute atomic E-state index is 0.332. The van der Waals surface area contributed by atoms with Crippen LogP contribution in [0, 0.1) is 0 Å². The zero-order valence-electron chi connectivity index (χ0n) is 8.87. The van der Waals surface area contributed by atoms with Crippen molar-refractivity contribution in [3.63, 3.8) is 0 Å². The summed E-state index contributed by atoms with van der Waals surface area (Å²) in [5.74, 6) is 0.835. The second-order valence-electron chi connectivity index (χ2n) is 3.39. The molecule has 0 amide bonds. The maximum Gasteiger partial charge on any atom is 0.119 e. The highest BCUT2D eigenvalue weighted by Gasteiger charge is 1.97. The Hall–Kier alpha value is -0.770. The predicted molar refractivity (Wildman–Crippen MR) is 63.5 cm³/mol. The Morgan fingerprint density at radius 2 is 2.07 bits per heavy atom. The molecule has 3 nitrogen and oxygen atoms in total. The van der Waals surface area contributed by atoms with Gasteiger partial charge in [0.25, 0.3) is 0 Å². The van der Waals surface area contributed by atoms with Gasteiger partial charge in [-0.25, -0.2) is 0 Å². The molecular formula is C11H17ClN2O. The monoisotopic (exact) mass is 228 g/mol. The molecule has 0 bridgehead atoms. The van der Waals surface area contributed by atoms with Gasteiger partial charge in [0, 0.05) is 24.2 Å². The average molecular weight is 229 g/mol. The van der Waals surface area contributed by atoms with Crippen molar-refractivity contribution in [1.82, 2.24) is 5.32 Å². The summed E-state index contributed by atoms with van der Waals surface area (Å²) in [6.07, 6.45) is 0. The number of ether oxygens (including phenoxy) is 1. The fraction of sp³-hybridized carbons (Fsp3) is 0.455. The minimum Gasteiger partial charge on any atom is -0.492 e. The van der Waals surface area contributed by atoms with Crippen molar-refractivity contribution in [2.45, 2.75) is 13.0 Å². The van der Waals surface area contributed by atoms with Crippen molar-refractivity contribution in [3.8, 4) is 5.75 Å². The third-order valence-corrected chi connectivity index (χ3v) is 2.28. The molecule has 0 aliphatic heterocycles. The fourth-order valence-corrected chi connectivity index (χ4v) is 1.21. The third kappa shape index (κ3) is 5.02. The van der Waals surface area contributed by atoms with Gasteiger partial charge >= 0.3 is 0 Å². The molecule has 1 aromatic rings. The lowest BCUT2D eigenvalue weighted by Crippen LogP contribution is -2.35. The van der Waals surface area contributed by atoms with E-state index in [4.69, 9.17) is 22.1 Å². The number of hydrogen-bond acceptors (Lipinski definition) is 3. The molecule has 0 aliphatic carbocycles. The molecule has 1 rings (SSSR count). The topological polar surface area (TPSA) is 47.3 Å². The van der Waals surface area contributed by atoms with Crippen LogP contribution in [0.25, 0.3) is 0 Å². The Bertz CT molecular complexity index is 276. The van der Waals surface area contributed by atoms with Crippen molar-refractivity contribution in [2.75, 3.05) is 19.7 Å². The Morgan fingerprint density at radius 1 is 1.40 bits per heavy atom.